The second-order valence-electron chi connectivity index (χ2n) is 3.25. The Balaban J connectivity index is 2.23. The monoisotopic (exact) mass is 158 g/mol. The van der Waals surface area contributed by atoms with Crippen molar-refractivity contribution in [2.45, 2.75) is 26.0 Å². The van der Waals surface area contributed by atoms with Gasteiger partial charge in [0.1, 0.15) is 0 Å². The first kappa shape index (κ1) is 8.97. The van der Waals surface area contributed by atoms with E-state index in [0.29, 0.717) is 6.04 Å². The van der Waals surface area contributed by atoms with E-state index in [4.69, 9.17) is 5.11 Å². The molecular formula is C8H18N2O. The van der Waals surface area contributed by atoms with E-state index >= 15 is 0 Å². The summed E-state index contributed by atoms with van der Waals surface area (Å²) in [5, 5.41) is 12.4. The van der Waals surface area contributed by atoms with Crippen LogP contribution in [-0.2, 0) is 0 Å². The van der Waals surface area contributed by atoms with Crippen molar-refractivity contribution in [1.82, 2.24) is 10.2 Å². The predicted octanol–water partition coefficient (Wildman–Crippen LogP) is -0.339. The Morgan fingerprint density at radius 1 is 1.64 bits per heavy atom. The molecule has 0 bridgehead atoms. The van der Waals surface area contributed by atoms with Crippen LogP contribution in [0.25, 0.3) is 0 Å². The summed E-state index contributed by atoms with van der Waals surface area (Å²) in [5.41, 5.74) is 0. The highest BCUT2D eigenvalue weighted by atomic mass is 16.3. The Bertz CT molecular complexity index is 113. The first-order chi connectivity index (χ1) is 5.24. The lowest BCUT2D eigenvalue weighted by Gasteiger charge is -2.38. The Morgan fingerprint density at radius 3 is 2.55 bits per heavy atom. The van der Waals surface area contributed by atoms with Crippen LogP contribution in [0.2, 0.25) is 0 Å². The highest BCUT2D eigenvalue weighted by Crippen LogP contribution is 2.04. The summed E-state index contributed by atoms with van der Waals surface area (Å²) in [6.07, 6.45) is -0.199. The molecule has 0 aliphatic carbocycles. The van der Waals surface area contributed by atoms with Crippen LogP contribution in [0.4, 0.5) is 0 Å². The largest absolute Gasteiger partial charge is 0.392 e. The van der Waals surface area contributed by atoms with Crippen LogP contribution in [-0.4, -0.2) is 48.3 Å². The average molecular weight is 158 g/mol. The molecule has 0 aromatic rings. The SMILES string of the molecule is CCN(CC(C)O)C1CNC1. The number of nitrogens with one attached hydrogen (secondary N) is 1. The second kappa shape index (κ2) is 4.04. The van der Waals surface area contributed by atoms with Gasteiger partial charge >= 0.3 is 0 Å². The van der Waals surface area contributed by atoms with Crippen molar-refractivity contribution in [3.8, 4) is 0 Å². The molecule has 1 rings (SSSR count). The zero-order chi connectivity index (χ0) is 8.27. The molecule has 3 heteroatoms. The van der Waals surface area contributed by atoms with E-state index in [1.165, 1.54) is 0 Å². The fourth-order valence-electron chi connectivity index (χ4n) is 1.41. The fourth-order valence-corrected chi connectivity index (χ4v) is 1.41. The standard InChI is InChI=1S/C8H18N2O/c1-3-10(6-7(2)11)8-4-9-5-8/h7-9,11H,3-6H2,1-2H3. The molecule has 1 aliphatic rings. The summed E-state index contributed by atoms with van der Waals surface area (Å²) in [6.45, 7) is 8.00. The van der Waals surface area contributed by atoms with Gasteiger partial charge in [-0.05, 0) is 13.5 Å². The van der Waals surface area contributed by atoms with E-state index in [1.54, 1.807) is 0 Å². The topological polar surface area (TPSA) is 35.5 Å². The number of likely N-dealkylation sites (N-methyl/N-ethyl adjacent to an activating group) is 1. The number of rotatable bonds is 4. The zero-order valence-electron chi connectivity index (χ0n) is 7.38. The number of hydrogen-bond donors (Lipinski definition) is 2. The van der Waals surface area contributed by atoms with Gasteiger partial charge in [0.15, 0.2) is 0 Å². The maximum Gasteiger partial charge on any atom is 0.0639 e. The molecule has 1 heterocycles. The maximum absolute atomic E-state index is 9.16. The minimum absolute atomic E-state index is 0.199. The minimum Gasteiger partial charge on any atom is -0.392 e. The van der Waals surface area contributed by atoms with Gasteiger partial charge in [0.2, 0.25) is 0 Å². The van der Waals surface area contributed by atoms with Gasteiger partial charge in [-0.2, -0.15) is 0 Å². The van der Waals surface area contributed by atoms with Crippen LogP contribution in [0.15, 0.2) is 0 Å². The van der Waals surface area contributed by atoms with Crippen molar-refractivity contribution in [2.24, 2.45) is 0 Å². The lowest BCUT2D eigenvalue weighted by molar-refractivity contribution is 0.0812. The van der Waals surface area contributed by atoms with Gasteiger partial charge in [0.05, 0.1) is 6.10 Å². The van der Waals surface area contributed by atoms with Crippen LogP contribution < -0.4 is 5.32 Å². The molecule has 2 N–H and O–H groups in total. The van der Waals surface area contributed by atoms with Crippen LogP contribution >= 0.6 is 0 Å². The fraction of sp³-hybridized carbons (Fsp3) is 1.00. The summed E-state index contributed by atoms with van der Waals surface area (Å²) >= 11 is 0. The lowest BCUT2D eigenvalue weighted by atomic mass is 10.1. The zero-order valence-corrected chi connectivity index (χ0v) is 7.38. The molecule has 66 valence electrons. The minimum atomic E-state index is -0.199. The maximum atomic E-state index is 9.16. The molecule has 0 radical (unpaired) electrons. The van der Waals surface area contributed by atoms with E-state index in [1.807, 2.05) is 6.92 Å². The van der Waals surface area contributed by atoms with E-state index in [9.17, 15) is 0 Å². The van der Waals surface area contributed by atoms with Crippen LogP contribution in [0.1, 0.15) is 13.8 Å². The average Bonchev–Trinajstić information content (AvgIpc) is 1.81. The summed E-state index contributed by atoms with van der Waals surface area (Å²) in [4.78, 5) is 2.32. The lowest BCUT2D eigenvalue weighted by Crippen LogP contribution is -2.58. The predicted molar refractivity (Wildman–Crippen MR) is 45.6 cm³/mol. The molecule has 0 spiro atoms. The smallest absolute Gasteiger partial charge is 0.0639 e. The van der Waals surface area contributed by atoms with Crippen molar-refractivity contribution < 1.29 is 5.11 Å². The third kappa shape index (κ3) is 2.43. The number of hydrogen-bond acceptors (Lipinski definition) is 3. The first-order valence-electron chi connectivity index (χ1n) is 4.37. The summed E-state index contributed by atoms with van der Waals surface area (Å²) < 4.78 is 0. The Labute approximate surface area is 68.4 Å². The number of aliphatic hydroxyl groups is 1. The second-order valence-corrected chi connectivity index (χ2v) is 3.25. The molecule has 11 heavy (non-hydrogen) atoms. The van der Waals surface area contributed by atoms with Crippen LogP contribution in [0.3, 0.4) is 0 Å². The molecule has 1 saturated heterocycles. The Morgan fingerprint density at radius 2 is 2.27 bits per heavy atom. The molecule has 0 saturated carbocycles. The third-order valence-corrected chi connectivity index (χ3v) is 2.18. The van der Waals surface area contributed by atoms with Gasteiger partial charge in [-0.1, -0.05) is 6.92 Å². The van der Waals surface area contributed by atoms with E-state index in [0.717, 1.165) is 26.2 Å². The van der Waals surface area contributed by atoms with Crippen LogP contribution in [0, 0.1) is 0 Å². The van der Waals surface area contributed by atoms with Gasteiger partial charge in [-0.15, -0.1) is 0 Å². The van der Waals surface area contributed by atoms with Crippen LogP contribution in [0.5, 0.6) is 0 Å². The van der Waals surface area contributed by atoms with Gasteiger partial charge in [-0.25, -0.2) is 0 Å². The Kier molecular flexibility index (Phi) is 3.30. The molecule has 1 unspecified atom stereocenters. The molecule has 1 aliphatic heterocycles. The molecule has 0 amide bonds. The first-order valence-corrected chi connectivity index (χ1v) is 4.37. The normalized spacial score (nSPS) is 21.8. The molecule has 1 atom stereocenters. The van der Waals surface area contributed by atoms with Gasteiger partial charge < -0.3 is 10.4 Å². The molecule has 0 aromatic heterocycles. The van der Waals surface area contributed by atoms with Gasteiger partial charge in [0, 0.05) is 25.7 Å². The van der Waals surface area contributed by atoms with Gasteiger partial charge in [0.25, 0.3) is 0 Å². The molecule has 3 nitrogen and oxygen atoms in total. The van der Waals surface area contributed by atoms with E-state index in [-0.39, 0.29) is 6.10 Å². The van der Waals surface area contributed by atoms with E-state index < -0.39 is 0 Å². The molecule has 0 aromatic carbocycles. The summed E-state index contributed by atoms with van der Waals surface area (Å²) in [5.74, 6) is 0. The van der Waals surface area contributed by atoms with Crippen molar-refractivity contribution in [2.75, 3.05) is 26.2 Å². The Hall–Kier alpha value is -0.120. The molecule has 1 fully saturated rings. The van der Waals surface area contributed by atoms with Crippen molar-refractivity contribution >= 4 is 0 Å². The van der Waals surface area contributed by atoms with Gasteiger partial charge in [-0.3, -0.25) is 4.90 Å². The van der Waals surface area contributed by atoms with Crippen molar-refractivity contribution in [1.29, 1.82) is 0 Å². The quantitative estimate of drug-likeness (QED) is 0.587. The summed E-state index contributed by atoms with van der Waals surface area (Å²) in [6, 6.07) is 0.662. The molecular weight excluding hydrogens is 140 g/mol. The van der Waals surface area contributed by atoms with Crippen molar-refractivity contribution in [3.05, 3.63) is 0 Å². The van der Waals surface area contributed by atoms with Crippen molar-refractivity contribution in [3.63, 3.8) is 0 Å². The highest BCUT2D eigenvalue weighted by molar-refractivity contribution is 4.84. The third-order valence-electron chi connectivity index (χ3n) is 2.18. The highest BCUT2D eigenvalue weighted by Gasteiger charge is 2.23. The number of nitrogens with zero attached hydrogens (tertiary/aromatic N) is 1. The number of aliphatic hydroxyl groups excluding tert-OH is 1. The van der Waals surface area contributed by atoms with E-state index in [2.05, 4.69) is 17.1 Å². The summed E-state index contributed by atoms with van der Waals surface area (Å²) in [7, 11) is 0.